The Morgan fingerprint density at radius 2 is 1.67 bits per heavy atom. The Balaban J connectivity index is 1.47. The molecule has 27 heavy (non-hydrogen) atoms. The fourth-order valence-electron chi connectivity index (χ4n) is 4.75. The van der Waals surface area contributed by atoms with Crippen LogP contribution in [0.5, 0.6) is 5.75 Å². The highest BCUT2D eigenvalue weighted by Crippen LogP contribution is 2.39. The van der Waals surface area contributed by atoms with Gasteiger partial charge in [-0.05, 0) is 61.9 Å². The first-order valence-electron chi connectivity index (χ1n) is 10.0. The molecule has 2 saturated heterocycles. The maximum Gasteiger partial charge on any atom is 0.243 e. The fraction of sp³-hybridized carbons (Fsp3) is 0.435. The van der Waals surface area contributed by atoms with Crippen LogP contribution in [0.25, 0.3) is 0 Å². The number of nitrogens with zero attached hydrogens (tertiary/aromatic N) is 2. The van der Waals surface area contributed by atoms with E-state index in [2.05, 4.69) is 34.1 Å². The Morgan fingerprint density at radius 3 is 2.44 bits per heavy atom. The molecule has 0 radical (unpaired) electrons. The van der Waals surface area contributed by atoms with Crippen LogP contribution < -0.4 is 0 Å². The molecule has 4 heteroatoms. The molecule has 1 unspecified atom stereocenters. The Kier molecular flexibility index (Phi) is 5.17. The summed E-state index contributed by atoms with van der Waals surface area (Å²) in [6.45, 7) is 3.35. The summed E-state index contributed by atoms with van der Waals surface area (Å²) in [5.41, 5.74) is 2.01. The van der Waals surface area contributed by atoms with Crippen LogP contribution in [0, 0.1) is 0 Å². The summed E-state index contributed by atoms with van der Waals surface area (Å²) in [5.74, 6) is 0.600. The first-order valence-corrected chi connectivity index (χ1v) is 10.0. The van der Waals surface area contributed by atoms with Gasteiger partial charge in [-0.25, -0.2) is 0 Å². The van der Waals surface area contributed by atoms with Crippen LogP contribution in [-0.4, -0.2) is 46.0 Å². The lowest BCUT2D eigenvalue weighted by atomic mass is 9.85. The van der Waals surface area contributed by atoms with E-state index in [-0.39, 0.29) is 5.54 Å². The zero-order valence-electron chi connectivity index (χ0n) is 15.8. The Hall–Kier alpha value is -2.33. The minimum Gasteiger partial charge on any atom is -0.508 e. The highest BCUT2D eigenvalue weighted by Gasteiger charge is 2.50. The number of benzene rings is 2. The smallest absolute Gasteiger partial charge is 0.243 e. The molecule has 1 spiro atoms. The van der Waals surface area contributed by atoms with Crippen molar-refractivity contribution >= 4 is 5.91 Å². The van der Waals surface area contributed by atoms with Crippen LogP contribution in [0.4, 0.5) is 0 Å². The second-order valence-electron chi connectivity index (χ2n) is 7.86. The lowest BCUT2D eigenvalue weighted by molar-refractivity contribution is -0.147. The molecule has 142 valence electrons. The van der Waals surface area contributed by atoms with Gasteiger partial charge in [0.05, 0.1) is 0 Å². The molecule has 0 saturated carbocycles. The molecule has 2 aromatic rings. The van der Waals surface area contributed by atoms with Crippen LogP contribution >= 0.6 is 0 Å². The Morgan fingerprint density at radius 1 is 0.926 bits per heavy atom. The number of carbonyl (C=O) groups excluding carboxylic acids is 1. The maximum absolute atomic E-state index is 13.5. The van der Waals surface area contributed by atoms with Crippen molar-refractivity contribution in [1.82, 2.24) is 9.80 Å². The van der Waals surface area contributed by atoms with Gasteiger partial charge in [-0.1, -0.05) is 42.5 Å². The van der Waals surface area contributed by atoms with Gasteiger partial charge in [-0.15, -0.1) is 0 Å². The summed E-state index contributed by atoms with van der Waals surface area (Å²) in [4.78, 5) is 17.9. The molecule has 0 bridgehead atoms. The number of rotatable bonds is 5. The zero-order chi connectivity index (χ0) is 18.7. The van der Waals surface area contributed by atoms with E-state index in [4.69, 9.17) is 0 Å². The molecule has 2 aromatic carbocycles. The number of hydrogen-bond acceptors (Lipinski definition) is 3. The van der Waals surface area contributed by atoms with Gasteiger partial charge < -0.3 is 10.0 Å². The van der Waals surface area contributed by atoms with Gasteiger partial charge in [-0.2, -0.15) is 0 Å². The van der Waals surface area contributed by atoms with Crippen molar-refractivity contribution < 1.29 is 9.90 Å². The quantitative estimate of drug-likeness (QED) is 0.882. The van der Waals surface area contributed by atoms with Crippen LogP contribution in [0.1, 0.15) is 36.8 Å². The molecule has 2 heterocycles. The van der Waals surface area contributed by atoms with Gasteiger partial charge in [0.2, 0.25) is 5.91 Å². The number of amides is 1. The van der Waals surface area contributed by atoms with Gasteiger partial charge in [0.25, 0.3) is 0 Å². The van der Waals surface area contributed by atoms with Gasteiger partial charge in [0.1, 0.15) is 11.3 Å². The van der Waals surface area contributed by atoms with E-state index in [1.54, 1.807) is 6.07 Å². The average molecular weight is 364 g/mol. The summed E-state index contributed by atoms with van der Waals surface area (Å²) in [6.07, 6.45) is 4.95. The molecule has 2 fully saturated rings. The van der Waals surface area contributed by atoms with Crippen molar-refractivity contribution in [3.8, 4) is 5.75 Å². The first kappa shape index (κ1) is 18.1. The second-order valence-corrected chi connectivity index (χ2v) is 7.86. The van der Waals surface area contributed by atoms with Crippen molar-refractivity contribution in [2.75, 3.05) is 19.6 Å². The van der Waals surface area contributed by atoms with Crippen molar-refractivity contribution in [2.45, 2.75) is 44.2 Å². The summed E-state index contributed by atoms with van der Waals surface area (Å²) in [6, 6.07) is 17.8. The first-order chi connectivity index (χ1) is 13.2. The standard InChI is InChI=1S/C23H28N2O2/c26-21-10-4-9-20(17-21)18-25-15-6-13-23(25)12-5-14-24(22(23)27)16-11-19-7-2-1-3-8-19/h1-4,7-10,17,26H,5-6,11-16,18H2. The Labute approximate surface area is 161 Å². The van der Waals surface area contributed by atoms with Crippen molar-refractivity contribution in [3.63, 3.8) is 0 Å². The van der Waals surface area contributed by atoms with E-state index in [0.29, 0.717) is 11.7 Å². The summed E-state index contributed by atoms with van der Waals surface area (Å²) in [5, 5.41) is 9.77. The lowest BCUT2D eigenvalue weighted by Gasteiger charge is -2.45. The fourth-order valence-corrected chi connectivity index (χ4v) is 4.75. The predicted octanol–water partition coefficient (Wildman–Crippen LogP) is 3.59. The normalized spacial score (nSPS) is 23.3. The Bertz CT molecular complexity index is 792. The molecular formula is C23H28N2O2. The minimum atomic E-state index is -0.347. The third-order valence-electron chi connectivity index (χ3n) is 6.12. The largest absolute Gasteiger partial charge is 0.508 e. The average Bonchev–Trinajstić information content (AvgIpc) is 3.07. The molecule has 4 nitrogen and oxygen atoms in total. The molecule has 0 aromatic heterocycles. The highest BCUT2D eigenvalue weighted by molar-refractivity contribution is 5.87. The van der Waals surface area contributed by atoms with Crippen molar-refractivity contribution in [1.29, 1.82) is 0 Å². The molecule has 2 aliphatic rings. The molecule has 4 rings (SSSR count). The van der Waals surface area contributed by atoms with Gasteiger partial charge in [0.15, 0.2) is 0 Å². The number of carbonyl (C=O) groups is 1. The van der Waals surface area contributed by atoms with Gasteiger partial charge >= 0.3 is 0 Å². The molecule has 1 atom stereocenters. The van der Waals surface area contributed by atoms with Crippen LogP contribution in [0.15, 0.2) is 54.6 Å². The van der Waals surface area contributed by atoms with E-state index in [1.807, 2.05) is 24.3 Å². The van der Waals surface area contributed by atoms with E-state index in [9.17, 15) is 9.90 Å². The SMILES string of the molecule is O=C1N(CCc2ccccc2)CCCC12CCCN2Cc1cccc(O)c1. The van der Waals surface area contributed by atoms with Gasteiger partial charge in [-0.3, -0.25) is 9.69 Å². The van der Waals surface area contributed by atoms with Crippen LogP contribution in [-0.2, 0) is 17.8 Å². The predicted molar refractivity (Wildman–Crippen MR) is 106 cm³/mol. The number of aromatic hydroxyl groups is 1. The van der Waals surface area contributed by atoms with E-state index in [1.165, 1.54) is 5.56 Å². The van der Waals surface area contributed by atoms with E-state index in [0.717, 1.165) is 63.8 Å². The molecule has 1 amide bonds. The number of phenolic OH excluding ortho intramolecular Hbond substituents is 1. The number of phenols is 1. The van der Waals surface area contributed by atoms with Gasteiger partial charge in [0, 0.05) is 19.6 Å². The van der Waals surface area contributed by atoms with Crippen molar-refractivity contribution in [2.24, 2.45) is 0 Å². The maximum atomic E-state index is 13.5. The number of hydrogen-bond donors (Lipinski definition) is 1. The molecule has 2 aliphatic heterocycles. The highest BCUT2D eigenvalue weighted by atomic mass is 16.3. The third-order valence-corrected chi connectivity index (χ3v) is 6.12. The summed E-state index contributed by atoms with van der Waals surface area (Å²) < 4.78 is 0. The number of likely N-dealkylation sites (tertiary alicyclic amines) is 2. The molecular weight excluding hydrogens is 336 g/mol. The third kappa shape index (κ3) is 3.72. The topological polar surface area (TPSA) is 43.8 Å². The molecule has 0 aliphatic carbocycles. The summed E-state index contributed by atoms with van der Waals surface area (Å²) >= 11 is 0. The van der Waals surface area contributed by atoms with Crippen molar-refractivity contribution in [3.05, 3.63) is 65.7 Å². The molecule has 1 N–H and O–H groups in total. The minimum absolute atomic E-state index is 0.292. The van der Waals surface area contributed by atoms with Crippen LogP contribution in [0.2, 0.25) is 0 Å². The zero-order valence-corrected chi connectivity index (χ0v) is 15.8. The monoisotopic (exact) mass is 364 g/mol. The second kappa shape index (κ2) is 7.73. The number of piperidine rings is 1. The summed E-state index contributed by atoms with van der Waals surface area (Å²) in [7, 11) is 0. The van der Waals surface area contributed by atoms with E-state index < -0.39 is 0 Å². The van der Waals surface area contributed by atoms with Crippen LogP contribution in [0.3, 0.4) is 0 Å². The van der Waals surface area contributed by atoms with E-state index >= 15 is 0 Å². The lowest BCUT2D eigenvalue weighted by Crippen LogP contribution is -2.59.